The molecule has 1 aromatic carbocycles. The molecule has 9 nitrogen and oxygen atoms in total. The van der Waals surface area contributed by atoms with Crippen molar-refractivity contribution in [2.45, 2.75) is 46.1 Å². The number of fused-ring (bicyclic) bond motifs is 1. The average molecular weight is 588 g/mol. The Morgan fingerprint density at radius 3 is 2.69 bits per heavy atom. The summed E-state index contributed by atoms with van der Waals surface area (Å²) in [4.78, 5) is 56.6. The van der Waals surface area contributed by atoms with Gasteiger partial charge in [0.2, 0.25) is 5.91 Å². The van der Waals surface area contributed by atoms with E-state index in [4.69, 9.17) is 18.0 Å². The molecule has 5 rings (SSSR count). The minimum absolute atomic E-state index is 0.00736. The van der Waals surface area contributed by atoms with E-state index < -0.39 is 12.0 Å². The van der Waals surface area contributed by atoms with Crippen LogP contribution < -0.4 is 10.6 Å². The van der Waals surface area contributed by atoms with E-state index in [0.717, 1.165) is 11.3 Å². The molecule has 0 N–H and O–H groups in total. The van der Waals surface area contributed by atoms with E-state index in [0.29, 0.717) is 54.2 Å². The Bertz CT molecular complexity index is 1820. The average Bonchev–Trinajstić information content (AvgIpc) is 2.99. The van der Waals surface area contributed by atoms with E-state index in [9.17, 15) is 14.4 Å². The van der Waals surface area contributed by atoms with Gasteiger partial charge in [-0.15, -0.1) is 0 Å². The molecule has 1 fully saturated rings. The van der Waals surface area contributed by atoms with Crippen molar-refractivity contribution in [2.75, 3.05) is 24.5 Å². The van der Waals surface area contributed by atoms with Crippen LogP contribution in [0.4, 0.5) is 5.82 Å². The van der Waals surface area contributed by atoms with Crippen LogP contribution in [0, 0.1) is 0 Å². The molecule has 10 heteroatoms. The lowest BCUT2D eigenvalue weighted by Gasteiger charge is -2.40. The first-order chi connectivity index (χ1) is 20.6. The number of aromatic nitrogens is 4. The third-order valence-electron chi connectivity index (χ3n) is 7.67. The lowest BCUT2D eigenvalue weighted by molar-refractivity contribution is -0.126. The van der Waals surface area contributed by atoms with Crippen LogP contribution in [0.5, 0.6) is 0 Å². The third-order valence-corrected chi connectivity index (χ3v) is 7.96. The standard InChI is InChI=1S/C32H33ClN6O3/c1-6-21-12-13-34-27(19(3)4)29(21)39-31-24(16-25(33)28(35-31)23-11-9-8-10-22(23)18-40)30(36-32(39)42)38-15-14-37(17-20(38)5)26(41)7-2/h7-13,16,18-20H,2,6,14-15,17H2,1,3-5H3/t20-/m0/s1/i18D,41+2. The topological polar surface area (TPSA) is 101 Å². The highest BCUT2D eigenvalue weighted by atomic mass is 35.5. The third kappa shape index (κ3) is 5.09. The van der Waals surface area contributed by atoms with Gasteiger partial charge in [0, 0.05) is 43.0 Å². The first-order valence-electron chi connectivity index (χ1n) is 14.5. The predicted molar refractivity (Wildman–Crippen MR) is 166 cm³/mol. The lowest BCUT2D eigenvalue weighted by Crippen LogP contribution is -2.54. The Kier molecular flexibility index (Phi) is 7.84. The number of piperazine rings is 1. The zero-order chi connectivity index (χ0) is 31.0. The number of nitrogens with zero attached hydrogens (tertiary/aromatic N) is 6. The molecule has 0 unspecified atom stereocenters. The summed E-state index contributed by atoms with van der Waals surface area (Å²) in [6, 6.07) is 10.1. The molecule has 216 valence electrons. The molecule has 3 aromatic heterocycles. The Balaban J connectivity index is 1.85. The van der Waals surface area contributed by atoms with Gasteiger partial charge in [0.1, 0.15) is 7.19 Å². The highest BCUT2D eigenvalue weighted by Gasteiger charge is 2.30. The van der Waals surface area contributed by atoms with E-state index in [1.165, 1.54) is 10.6 Å². The quantitative estimate of drug-likeness (QED) is 0.166. The van der Waals surface area contributed by atoms with Crippen LogP contribution in [-0.4, -0.2) is 62.3 Å². The first-order valence-corrected chi connectivity index (χ1v) is 14.3. The maximum atomic E-state index is 14.1. The SMILES string of the molecule is [2H]C(=O)c1ccccc1-c1nc2c(cc1Cl)c(N1CCN(C(=[18O])C=C)C[C@@H]1C)nc(=O)n2-c1c(CC)ccnc1C(C)C. The highest BCUT2D eigenvalue weighted by Crippen LogP contribution is 2.36. The number of aldehydes is 1. The van der Waals surface area contributed by atoms with Gasteiger partial charge in [-0.25, -0.2) is 14.3 Å². The van der Waals surface area contributed by atoms with E-state index in [1.807, 2.05) is 38.7 Å². The molecule has 1 aliphatic heterocycles. The van der Waals surface area contributed by atoms with Crippen molar-refractivity contribution in [3.8, 4) is 16.9 Å². The van der Waals surface area contributed by atoms with Crippen LogP contribution in [0.15, 0.2) is 60.0 Å². The monoisotopic (exact) mass is 587 g/mol. The summed E-state index contributed by atoms with van der Waals surface area (Å²) in [7, 11) is 0. The fourth-order valence-corrected chi connectivity index (χ4v) is 5.83. The number of hydrogen-bond acceptors (Lipinski definition) is 7. The molecule has 42 heavy (non-hydrogen) atoms. The molecule has 1 atom stereocenters. The molecule has 0 radical (unpaired) electrons. The number of benzene rings is 1. The van der Waals surface area contributed by atoms with Crippen molar-refractivity contribution in [1.82, 2.24) is 24.4 Å². The molecule has 1 amide bonds. The summed E-state index contributed by atoms with van der Waals surface area (Å²) in [6.45, 7) is 12.9. The molecule has 4 aromatic rings. The summed E-state index contributed by atoms with van der Waals surface area (Å²) < 4.78 is 9.30. The van der Waals surface area contributed by atoms with Gasteiger partial charge < -0.3 is 9.80 Å². The lowest BCUT2D eigenvalue weighted by atomic mass is 10.0. The van der Waals surface area contributed by atoms with Gasteiger partial charge in [-0.1, -0.05) is 63.2 Å². The number of hydrogen-bond donors (Lipinski definition) is 0. The molecule has 4 heterocycles. The second-order valence-electron chi connectivity index (χ2n) is 10.6. The Hall–Kier alpha value is -4.37. The van der Waals surface area contributed by atoms with E-state index >= 15 is 0 Å². The van der Waals surface area contributed by atoms with Gasteiger partial charge in [0.25, 0.3) is 0 Å². The number of pyridine rings is 2. The first kappa shape index (κ1) is 27.8. The number of carbonyl (C=O) groups excluding carboxylic acids is 2. The minimum Gasteiger partial charge on any atom is -0.350 e. The number of aryl methyl sites for hydroxylation is 1. The van der Waals surface area contributed by atoms with Crippen molar-refractivity contribution in [3.05, 3.63) is 87.6 Å². The summed E-state index contributed by atoms with van der Waals surface area (Å²) in [6.07, 6.45) is 2.81. The number of amides is 1. The Morgan fingerprint density at radius 1 is 1.26 bits per heavy atom. The Labute approximate surface area is 250 Å². The van der Waals surface area contributed by atoms with Gasteiger partial charge in [-0.2, -0.15) is 4.98 Å². The number of carbonyl (C=O) groups is 2. The van der Waals surface area contributed by atoms with Gasteiger partial charge in [0.05, 0.1) is 27.5 Å². The van der Waals surface area contributed by atoms with Crippen LogP contribution in [0.3, 0.4) is 0 Å². The summed E-state index contributed by atoms with van der Waals surface area (Å²) >= 11 is 6.88. The fourth-order valence-electron chi connectivity index (χ4n) is 5.57. The predicted octanol–water partition coefficient (Wildman–Crippen LogP) is 5.22. The number of rotatable bonds is 7. The van der Waals surface area contributed by atoms with Gasteiger partial charge >= 0.3 is 5.69 Å². The zero-order valence-electron chi connectivity index (χ0n) is 25.1. The van der Waals surface area contributed by atoms with Crippen LogP contribution >= 0.6 is 11.6 Å². The van der Waals surface area contributed by atoms with Gasteiger partial charge in [0.15, 0.2) is 11.9 Å². The largest absolute Gasteiger partial charge is 0.355 e. The fraction of sp³-hybridized carbons (Fsp3) is 0.312. The number of halogens is 1. The second-order valence-corrected chi connectivity index (χ2v) is 11.0. The van der Waals surface area contributed by atoms with Crippen molar-refractivity contribution >= 4 is 40.6 Å². The van der Waals surface area contributed by atoms with Gasteiger partial charge in [-0.3, -0.25) is 14.6 Å². The summed E-state index contributed by atoms with van der Waals surface area (Å²) in [5, 5.41) is 0.785. The molecule has 1 aliphatic rings. The summed E-state index contributed by atoms with van der Waals surface area (Å²) in [5.74, 6) is 0.252. The van der Waals surface area contributed by atoms with Crippen molar-refractivity contribution in [2.24, 2.45) is 0 Å². The molecule has 0 saturated carbocycles. The van der Waals surface area contributed by atoms with Crippen molar-refractivity contribution in [3.63, 3.8) is 0 Å². The van der Waals surface area contributed by atoms with Crippen molar-refractivity contribution < 1.29 is 11.0 Å². The smallest absolute Gasteiger partial charge is 0.350 e. The van der Waals surface area contributed by atoms with Crippen LogP contribution in [-0.2, 0) is 11.2 Å². The maximum absolute atomic E-state index is 14.1. The van der Waals surface area contributed by atoms with Crippen LogP contribution in [0.1, 0.15) is 56.6 Å². The van der Waals surface area contributed by atoms with Gasteiger partial charge in [-0.05, 0) is 43.0 Å². The van der Waals surface area contributed by atoms with Crippen LogP contribution in [0.25, 0.3) is 28.0 Å². The van der Waals surface area contributed by atoms with E-state index in [2.05, 4.69) is 16.5 Å². The van der Waals surface area contributed by atoms with Crippen LogP contribution in [0.2, 0.25) is 5.02 Å². The molecule has 0 spiro atoms. The molecular formula is C32H33ClN6O3. The second kappa shape index (κ2) is 11.9. The number of anilines is 1. The maximum Gasteiger partial charge on any atom is 0.355 e. The highest BCUT2D eigenvalue weighted by molar-refractivity contribution is 6.34. The summed E-state index contributed by atoms with van der Waals surface area (Å²) in [5.41, 5.74) is 2.84. The molecule has 0 aliphatic carbocycles. The minimum atomic E-state index is -0.871. The Morgan fingerprint density at radius 2 is 2.02 bits per heavy atom. The molecular weight excluding hydrogens is 554 g/mol. The van der Waals surface area contributed by atoms with E-state index in [1.54, 1.807) is 41.4 Å². The zero-order valence-corrected chi connectivity index (χ0v) is 24.9. The molecule has 0 bridgehead atoms. The van der Waals surface area contributed by atoms with E-state index in [-0.39, 0.29) is 34.1 Å². The van der Waals surface area contributed by atoms with Crippen molar-refractivity contribution in [1.29, 1.82) is 0 Å². The normalized spacial score (nSPS) is 15.7. The molecule has 1 saturated heterocycles.